The third-order valence-corrected chi connectivity index (χ3v) is 4.21. The molecule has 0 aromatic heterocycles. The first-order valence-electron chi connectivity index (χ1n) is 7.31. The lowest BCUT2D eigenvalue weighted by atomic mass is 9.84. The van der Waals surface area contributed by atoms with Crippen LogP contribution in [0.1, 0.15) is 50.6 Å². The first-order valence-corrected chi connectivity index (χ1v) is 7.31. The number of hydrogen-bond acceptors (Lipinski definition) is 2. The van der Waals surface area contributed by atoms with Crippen molar-refractivity contribution >= 4 is 5.91 Å². The summed E-state index contributed by atoms with van der Waals surface area (Å²) in [5, 5.41) is 3.10. The van der Waals surface area contributed by atoms with Gasteiger partial charge < -0.3 is 11.1 Å². The van der Waals surface area contributed by atoms with Gasteiger partial charge in [-0.15, -0.1) is 0 Å². The van der Waals surface area contributed by atoms with Crippen molar-refractivity contribution in [3.8, 4) is 0 Å². The van der Waals surface area contributed by atoms with Gasteiger partial charge in [-0.1, -0.05) is 43.7 Å². The van der Waals surface area contributed by atoms with Gasteiger partial charge in [0.25, 0.3) is 0 Å². The number of carbonyl (C=O) groups is 1. The highest BCUT2D eigenvalue weighted by atomic mass is 16.2. The van der Waals surface area contributed by atoms with Crippen molar-refractivity contribution in [1.82, 2.24) is 5.32 Å². The molecule has 19 heavy (non-hydrogen) atoms. The zero-order valence-electron chi connectivity index (χ0n) is 11.6. The van der Waals surface area contributed by atoms with Crippen LogP contribution in [0, 0.1) is 5.92 Å². The Balaban J connectivity index is 1.85. The van der Waals surface area contributed by atoms with Crippen LogP contribution in [0.4, 0.5) is 0 Å². The van der Waals surface area contributed by atoms with E-state index in [1.807, 2.05) is 30.3 Å². The number of hydrogen-bond donors (Lipinski definition) is 2. The summed E-state index contributed by atoms with van der Waals surface area (Å²) in [6, 6.07) is 9.32. The third-order valence-electron chi connectivity index (χ3n) is 4.21. The Bertz CT molecular complexity index is 396. The Morgan fingerprint density at radius 3 is 2.47 bits per heavy atom. The molecular weight excluding hydrogens is 236 g/mol. The topological polar surface area (TPSA) is 55.1 Å². The zero-order chi connectivity index (χ0) is 13.7. The number of nitrogens with one attached hydrogen (secondary N) is 1. The second kappa shape index (κ2) is 6.71. The van der Waals surface area contributed by atoms with E-state index in [-0.39, 0.29) is 5.91 Å². The molecule has 1 aromatic carbocycles. The van der Waals surface area contributed by atoms with Gasteiger partial charge in [-0.05, 0) is 37.2 Å². The van der Waals surface area contributed by atoms with E-state index in [0.717, 1.165) is 24.3 Å². The molecule has 104 valence electrons. The molecule has 3 nitrogen and oxygen atoms in total. The Morgan fingerprint density at radius 2 is 1.89 bits per heavy atom. The van der Waals surface area contributed by atoms with Crippen molar-refractivity contribution in [3.05, 3.63) is 35.9 Å². The second-order valence-corrected chi connectivity index (χ2v) is 5.52. The molecule has 0 spiro atoms. The number of benzene rings is 1. The molecule has 0 unspecified atom stereocenters. The van der Waals surface area contributed by atoms with E-state index in [9.17, 15) is 4.79 Å². The predicted molar refractivity (Wildman–Crippen MR) is 77.6 cm³/mol. The molecule has 0 aliphatic heterocycles. The van der Waals surface area contributed by atoms with Crippen LogP contribution in [0.25, 0.3) is 0 Å². The van der Waals surface area contributed by atoms with Crippen molar-refractivity contribution in [2.24, 2.45) is 11.7 Å². The quantitative estimate of drug-likeness (QED) is 0.874. The molecule has 3 heteroatoms. The number of nitrogens with two attached hydrogens (primary N) is 1. The van der Waals surface area contributed by atoms with E-state index in [1.165, 1.54) is 19.3 Å². The van der Waals surface area contributed by atoms with E-state index in [1.54, 1.807) is 0 Å². The van der Waals surface area contributed by atoms with Gasteiger partial charge in [-0.3, -0.25) is 4.79 Å². The molecule has 1 amide bonds. The van der Waals surface area contributed by atoms with Gasteiger partial charge in [0.05, 0.1) is 0 Å². The summed E-state index contributed by atoms with van der Waals surface area (Å²) in [5.41, 5.74) is 6.87. The molecule has 1 atom stereocenters. The van der Waals surface area contributed by atoms with Crippen molar-refractivity contribution < 1.29 is 4.79 Å². The maximum atomic E-state index is 12.1. The highest BCUT2D eigenvalue weighted by Gasteiger charge is 2.23. The van der Waals surface area contributed by atoms with Crippen LogP contribution in [0.2, 0.25) is 0 Å². The maximum Gasteiger partial charge on any atom is 0.241 e. The van der Waals surface area contributed by atoms with E-state index < -0.39 is 6.04 Å². The zero-order valence-corrected chi connectivity index (χ0v) is 11.6. The smallest absolute Gasteiger partial charge is 0.241 e. The van der Waals surface area contributed by atoms with Gasteiger partial charge >= 0.3 is 0 Å². The number of rotatable bonds is 4. The number of amides is 1. The monoisotopic (exact) mass is 260 g/mol. The normalized spacial score (nSPS) is 24.7. The SMILES string of the molecule is CCC1CCC(NC(=O)[C@H](N)c2ccccc2)CC1. The largest absolute Gasteiger partial charge is 0.352 e. The minimum Gasteiger partial charge on any atom is -0.352 e. The molecular formula is C16H24N2O. The van der Waals surface area contributed by atoms with E-state index in [2.05, 4.69) is 12.2 Å². The average molecular weight is 260 g/mol. The lowest BCUT2D eigenvalue weighted by molar-refractivity contribution is -0.123. The first kappa shape index (κ1) is 14.1. The molecule has 0 radical (unpaired) electrons. The summed E-state index contributed by atoms with van der Waals surface area (Å²) in [4.78, 5) is 12.1. The van der Waals surface area contributed by atoms with Crippen LogP contribution in [-0.4, -0.2) is 11.9 Å². The first-order chi connectivity index (χ1) is 9.20. The highest BCUT2D eigenvalue weighted by molar-refractivity contribution is 5.83. The Labute approximate surface area is 115 Å². The summed E-state index contributed by atoms with van der Waals surface area (Å²) in [5.74, 6) is 0.794. The molecule has 0 saturated heterocycles. The molecule has 2 rings (SSSR count). The van der Waals surface area contributed by atoms with Crippen LogP contribution in [0.15, 0.2) is 30.3 Å². The lowest BCUT2D eigenvalue weighted by Gasteiger charge is -2.29. The molecule has 1 aliphatic rings. The molecule has 1 aliphatic carbocycles. The van der Waals surface area contributed by atoms with Crippen LogP contribution in [0.3, 0.4) is 0 Å². The summed E-state index contributed by atoms with van der Waals surface area (Å²) < 4.78 is 0. The van der Waals surface area contributed by atoms with E-state index >= 15 is 0 Å². The Morgan fingerprint density at radius 1 is 1.26 bits per heavy atom. The molecule has 1 aromatic rings. The molecule has 1 saturated carbocycles. The minimum absolute atomic E-state index is 0.0499. The van der Waals surface area contributed by atoms with Crippen molar-refractivity contribution in [3.63, 3.8) is 0 Å². The van der Waals surface area contributed by atoms with Crippen molar-refractivity contribution in [2.75, 3.05) is 0 Å². The fraction of sp³-hybridized carbons (Fsp3) is 0.562. The number of carbonyl (C=O) groups excluding carboxylic acids is 1. The lowest BCUT2D eigenvalue weighted by Crippen LogP contribution is -2.42. The molecule has 3 N–H and O–H groups in total. The van der Waals surface area contributed by atoms with Crippen molar-refractivity contribution in [1.29, 1.82) is 0 Å². The van der Waals surface area contributed by atoms with Crippen LogP contribution in [-0.2, 0) is 4.79 Å². The minimum atomic E-state index is -0.551. The van der Waals surface area contributed by atoms with Gasteiger partial charge in [0.15, 0.2) is 0 Å². The van der Waals surface area contributed by atoms with Gasteiger partial charge in [-0.25, -0.2) is 0 Å². The van der Waals surface area contributed by atoms with Gasteiger partial charge in [-0.2, -0.15) is 0 Å². The highest BCUT2D eigenvalue weighted by Crippen LogP contribution is 2.26. The van der Waals surface area contributed by atoms with Crippen molar-refractivity contribution in [2.45, 2.75) is 51.1 Å². The third kappa shape index (κ3) is 3.80. The van der Waals surface area contributed by atoms with E-state index in [4.69, 9.17) is 5.73 Å². The van der Waals surface area contributed by atoms with Gasteiger partial charge in [0.2, 0.25) is 5.91 Å². The summed E-state index contributed by atoms with van der Waals surface area (Å²) in [7, 11) is 0. The van der Waals surface area contributed by atoms with Crippen LogP contribution < -0.4 is 11.1 Å². The summed E-state index contributed by atoms with van der Waals surface area (Å²) >= 11 is 0. The fourth-order valence-corrected chi connectivity index (χ4v) is 2.82. The van der Waals surface area contributed by atoms with Crippen LogP contribution in [0.5, 0.6) is 0 Å². The maximum absolute atomic E-state index is 12.1. The van der Waals surface area contributed by atoms with Crippen LogP contribution >= 0.6 is 0 Å². The average Bonchev–Trinajstić information content (AvgIpc) is 2.48. The molecule has 1 fully saturated rings. The summed E-state index contributed by atoms with van der Waals surface area (Å²) in [6.45, 7) is 2.24. The predicted octanol–water partition coefficient (Wildman–Crippen LogP) is 2.77. The standard InChI is InChI=1S/C16H24N2O/c1-2-12-8-10-14(11-9-12)18-16(19)15(17)13-6-4-3-5-7-13/h3-7,12,14-15H,2,8-11,17H2,1H3,(H,18,19)/t12?,14?,15-/m1/s1. The fourth-order valence-electron chi connectivity index (χ4n) is 2.82. The van der Waals surface area contributed by atoms with Gasteiger partial charge in [0.1, 0.15) is 6.04 Å². The Kier molecular flexibility index (Phi) is 4.97. The van der Waals surface area contributed by atoms with E-state index in [0.29, 0.717) is 6.04 Å². The molecule has 0 bridgehead atoms. The summed E-state index contributed by atoms with van der Waals surface area (Å²) in [6.07, 6.45) is 5.88. The molecule has 0 heterocycles. The van der Waals surface area contributed by atoms with Gasteiger partial charge in [0, 0.05) is 6.04 Å². The second-order valence-electron chi connectivity index (χ2n) is 5.52. The Hall–Kier alpha value is -1.35.